The molecule has 5 nitrogen and oxygen atoms in total. The molecule has 3 atom stereocenters. The van der Waals surface area contributed by atoms with Gasteiger partial charge in [-0.05, 0) is 18.2 Å². The summed E-state index contributed by atoms with van der Waals surface area (Å²) in [5.41, 5.74) is -0.135. The van der Waals surface area contributed by atoms with Gasteiger partial charge >= 0.3 is 0 Å². The van der Waals surface area contributed by atoms with Crippen molar-refractivity contribution < 1.29 is 18.7 Å². The molecule has 138 valence electrons. The molecule has 1 saturated heterocycles. The minimum absolute atomic E-state index is 0.0905. The van der Waals surface area contributed by atoms with Crippen LogP contribution in [0.3, 0.4) is 0 Å². The van der Waals surface area contributed by atoms with Gasteiger partial charge < -0.3 is 14.8 Å². The number of aldehydes is 1. The second-order valence-corrected chi connectivity index (χ2v) is 7.48. The van der Waals surface area contributed by atoms with Crippen molar-refractivity contribution in [2.75, 3.05) is 12.4 Å². The number of hydrogen-bond donors (Lipinski definition) is 1. The van der Waals surface area contributed by atoms with Crippen LogP contribution in [0.4, 0.5) is 4.39 Å². The van der Waals surface area contributed by atoms with Crippen molar-refractivity contribution in [2.24, 2.45) is 10.9 Å². The van der Waals surface area contributed by atoms with Gasteiger partial charge in [0.05, 0.1) is 6.61 Å². The standard InChI is InChI=1S/C20H17FN2O3S/c21-16-9-5-4-8-14(16)20-12-26-17(10-24)15(20)11-27-19(23-20)22-18(25)13-6-2-1-3-7-13/h1-10,15,17H,11-12H2,(H,22,23,25)/t15-,17-,20-/m1/s1. The summed E-state index contributed by atoms with van der Waals surface area (Å²) >= 11 is 1.34. The number of ether oxygens (including phenoxy) is 1. The summed E-state index contributed by atoms with van der Waals surface area (Å²) in [6, 6.07) is 15.2. The van der Waals surface area contributed by atoms with Crippen molar-refractivity contribution in [1.82, 2.24) is 5.32 Å². The zero-order valence-electron chi connectivity index (χ0n) is 14.3. The molecule has 0 aromatic heterocycles. The van der Waals surface area contributed by atoms with Crippen LogP contribution in [0.2, 0.25) is 0 Å². The number of nitrogens with one attached hydrogen (secondary N) is 1. The molecule has 27 heavy (non-hydrogen) atoms. The molecule has 0 bridgehead atoms. The lowest BCUT2D eigenvalue weighted by atomic mass is 9.79. The molecule has 2 aromatic carbocycles. The van der Waals surface area contributed by atoms with Crippen LogP contribution in [0.1, 0.15) is 15.9 Å². The second-order valence-electron chi connectivity index (χ2n) is 6.47. The number of rotatable bonds is 3. The Morgan fingerprint density at radius 1 is 1.22 bits per heavy atom. The Kier molecular flexibility index (Phi) is 4.80. The van der Waals surface area contributed by atoms with Gasteiger partial charge in [0.2, 0.25) is 0 Å². The van der Waals surface area contributed by atoms with Gasteiger partial charge in [-0.3, -0.25) is 4.79 Å². The number of thioether (sulfide) groups is 1. The highest BCUT2D eigenvalue weighted by molar-refractivity contribution is 8.13. The Morgan fingerprint density at radius 2 is 1.96 bits per heavy atom. The second kappa shape index (κ2) is 7.25. The summed E-state index contributed by atoms with van der Waals surface area (Å²) in [5, 5.41) is 3.20. The molecule has 2 aromatic rings. The van der Waals surface area contributed by atoms with Gasteiger partial charge in [0.15, 0.2) is 5.17 Å². The SMILES string of the molecule is O=C[C@H]1OC[C@]2(c3ccccc3F)N=C(NC(=O)c3ccccc3)SC[C@H]12. The number of carbonyl (C=O) groups excluding carboxylic acids is 2. The average Bonchev–Trinajstić information content (AvgIpc) is 3.07. The summed E-state index contributed by atoms with van der Waals surface area (Å²) in [6.07, 6.45) is 0.101. The molecular weight excluding hydrogens is 367 g/mol. The molecule has 1 N–H and O–H groups in total. The summed E-state index contributed by atoms with van der Waals surface area (Å²) in [6.45, 7) is 0.0905. The fourth-order valence-electron chi connectivity index (χ4n) is 3.56. The number of amides is 1. The van der Waals surface area contributed by atoms with Crippen molar-refractivity contribution in [3.05, 3.63) is 71.5 Å². The largest absolute Gasteiger partial charge is 0.367 e. The average molecular weight is 384 g/mol. The fraction of sp³-hybridized carbons (Fsp3) is 0.250. The molecule has 2 aliphatic heterocycles. The monoisotopic (exact) mass is 384 g/mol. The van der Waals surface area contributed by atoms with E-state index in [9.17, 15) is 14.0 Å². The van der Waals surface area contributed by atoms with Gasteiger partial charge in [-0.15, -0.1) is 0 Å². The van der Waals surface area contributed by atoms with E-state index in [-0.39, 0.29) is 18.4 Å². The molecule has 4 rings (SSSR count). The first-order chi connectivity index (χ1) is 13.1. The molecule has 0 saturated carbocycles. The highest BCUT2D eigenvalue weighted by atomic mass is 32.2. The van der Waals surface area contributed by atoms with Crippen molar-refractivity contribution in [1.29, 1.82) is 0 Å². The van der Waals surface area contributed by atoms with E-state index in [4.69, 9.17) is 9.73 Å². The molecule has 0 unspecified atom stereocenters. The summed E-state index contributed by atoms with van der Waals surface area (Å²) in [4.78, 5) is 28.6. The number of aliphatic imine (C=N–C) groups is 1. The maximum absolute atomic E-state index is 14.6. The Morgan fingerprint density at radius 3 is 2.70 bits per heavy atom. The molecular formula is C20H17FN2O3S. The minimum Gasteiger partial charge on any atom is -0.367 e. The third-order valence-electron chi connectivity index (χ3n) is 4.94. The first kappa shape index (κ1) is 17.9. The van der Waals surface area contributed by atoms with Crippen molar-refractivity contribution in [2.45, 2.75) is 11.6 Å². The number of halogens is 1. The quantitative estimate of drug-likeness (QED) is 0.827. The van der Waals surface area contributed by atoms with E-state index in [1.165, 1.54) is 17.8 Å². The van der Waals surface area contributed by atoms with Crippen LogP contribution in [-0.4, -0.2) is 35.8 Å². The summed E-state index contributed by atoms with van der Waals surface area (Å²) in [5.74, 6) is -0.489. The van der Waals surface area contributed by atoms with Crippen molar-refractivity contribution in [3.8, 4) is 0 Å². The maximum atomic E-state index is 14.6. The highest BCUT2D eigenvalue weighted by Gasteiger charge is 2.54. The Bertz CT molecular complexity index is 905. The molecule has 0 radical (unpaired) electrons. The molecule has 2 heterocycles. The third kappa shape index (κ3) is 3.17. The smallest absolute Gasteiger partial charge is 0.257 e. The zero-order chi connectivity index (χ0) is 18.9. The number of benzene rings is 2. The third-order valence-corrected chi connectivity index (χ3v) is 5.93. The van der Waals surface area contributed by atoms with Crippen LogP contribution < -0.4 is 5.32 Å². The summed E-state index contributed by atoms with van der Waals surface area (Å²) < 4.78 is 20.2. The Hall–Kier alpha value is -2.51. The van der Waals surface area contributed by atoms with E-state index in [2.05, 4.69) is 5.32 Å². The van der Waals surface area contributed by atoms with Gasteiger partial charge in [0, 0.05) is 22.8 Å². The first-order valence-electron chi connectivity index (χ1n) is 8.55. The zero-order valence-corrected chi connectivity index (χ0v) is 15.1. The Labute approximate surface area is 160 Å². The normalized spacial score (nSPS) is 26.8. The predicted molar refractivity (Wildman–Crippen MR) is 101 cm³/mol. The lowest BCUT2D eigenvalue weighted by Crippen LogP contribution is -2.44. The van der Waals surface area contributed by atoms with Gasteiger partial charge in [0.25, 0.3) is 5.91 Å². The number of carbonyl (C=O) groups is 2. The van der Waals surface area contributed by atoms with Crippen molar-refractivity contribution >= 4 is 29.1 Å². The lowest BCUT2D eigenvalue weighted by Gasteiger charge is -2.35. The topological polar surface area (TPSA) is 67.8 Å². The molecule has 0 spiro atoms. The maximum Gasteiger partial charge on any atom is 0.257 e. The van der Waals surface area contributed by atoms with E-state index >= 15 is 0 Å². The number of fused-ring (bicyclic) bond motifs is 1. The molecule has 2 aliphatic rings. The molecule has 7 heteroatoms. The van der Waals surface area contributed by atoms with Crippen LogP contribution in [0.5, 0.6) is 0 Å². The van der Waals surface area contributed by atoms with Gasteiger partial charge in [-0.1, -0.05) is 48.2 Å². The van der Waals surface area contributed by atoms with Gasteiger partial charge in [0.1, 0.15) is 23.7 Å². The highest BCUT2D eigenvalue weighted by Crippen LogP contribution is 2.47. The van der Waals surface area contributed by atoms with Gasteiger partial charge in [-0.2, -0.15) is 0 Å². The van der Waals surface area contributed by atoms with Gasteiger partial charge in [-0.25, -0.2) is 9.38 Å². The van der Waals surface area contributed by atoms with Crippen LogP contribution in [0, 0.1) is 11.7 Å². The molecule has 1 fully saturated rings. The number of amidine groups is 1. The minimum atomic E-state index is -1.03. The lowest BCUT2D eigenvalue weighted by molar-refractivity contribution is -0.116. The molecule has 1 amide bonds. The van der Waals surface area contributed by atoms with E-state index < -0.39 is 17.5 Å². The first-order valence-corrected chi connectivity index (χ1v) is 9.53. The van der Waals surface area contributed by atoms with Crippen LogP contribution in [0.15, 0.2) is 59.6 Å². The van der Waals surface area contributed by atoms with Crippen molar-refractivity contribution in [3.63, 3.8) is 0 Å². The summed E-state index contributed by atoms with van der Waals surface area (Å²) in [7, 11) is 0. The number of nitrogens with zero attached hydrogens (tertiary/aromatic N) is 1. The number of hydrogen-bond acceptors (Lipinski definition) is 5. The van der Waals surface area contributed by atoms with Crippen LogP contribution in [-0.2, 0) is 15.1 Å². The van der Waals surface area contributed by atoms with E-state index in [0.29, 0.717) is 22.0 Å². The van der Waals surface area contributed by atoms with E-state index in [1.54, 1.807) is 42.5 Å². The van der Waals surface area contributed by atoms with Crippen LogP contribution in [0.25, 0.3) is 0 Å². The molecule has 0 aliphatic carbocycles. The van der Waals surface area contributed by atoms with E-state index in [1.807, 2.05) is 6.07 Å². The Balaban J connectivity index is 1.71. The van der Waals surface area contributed by atoms with Crippen LogP contribution >= 0.6 is 11.8 Å². The predicted octanol–water partition coefficient (Wildman–Crippen LogP) is 2.77. The van der Waals surface area contributed by atoms with E-state index in [0.717, 1.165) is 6.29 Å². The fourth-order valence-corrected chi connectivity index (χ4v) is 4.75.